The molecule has 1 aliphatic heterocycles. The zero-order valence-corrected chi connectivity index (χ0v) is 12.7. The summed E-state index contributed by atoms with van der Waals surface area (Å²) < 4.78 is 5.08. The number of carbonyl (C=O) groups excluding carboxylic acids is 1. The lowest BCUT2D eigenvalue weighted by molar-refractivity contribution is -0.155. The van der Waals surface area contributed by atoms with E-state index in [1.165, 1.54) is 7.11 Å². The summed E-state index contributed by atoms with van der Waals surface area (Å²) in [6.45, 7) is 0.837. The number of carboxylic acid groups (broad SMARTS) is 1. The molecule has 1 atom stereocenters. The van der Waals surface area contributed by atoms with Crippen molar-refractivity contribution in [1.29, 1.82) is 0 Å². The van der Waals surface area contributed by atoms with Crippen molar-refractivity contribution in [3.05, 3.63) is 17.5 Å². The topological polar surface area (TPSA) is 95.5 Å². The minimum absolute atomic E-state index is 0.111. The zero-order valence-electron chi connectivity index (χ0n) is 12.7. The number of carboxylic acids is 1. The molecule has 1 amide bonds. The third-order valence-corrected chi connectivity index (χ3v) is 4.57. The molecule has 7 heteroatoms. The normalized spacial score (nSPS) is 25.2. The predicted octanol–water partition coefficient (Wildman–Crippen LogP) is 1.24. The quantitative estimate of drug-likeness (QED) is 0.853. The number of H-pyrrole nitrogens is 1. The summed E-state index contributed by atoms with van der Waals surface area (Å²) in [4.78, 5) is 25.8. The van der Waals surface area contributed by atoms with Gasteiger partial charge in [-0.3, -0.25) is 14.7 Å². The van der Waals surface area contributed by atoms with E-state index in [1.807, 2.05) is 0 Å². The van der Waals surface area contributed by atoms with Crippen molar-refractivity contribution in [3.63, 3.8) is 0 Å². The molecule has 1 saturated heterocycles. The first-order valence-electron chi connectivity index (χ1n) is 7.63. The van der Waals surface area contributed by atoms with Gasteiger partial charge in [0.05, 0.1) is 6.61 Å². The highest BCUT2D eigenvalue weighted by Crippen LogP contribution is 2.39. The van der Waals surface area contributed by atoms with Crippen LogP contribution in [-0.2, 0) is 9.53 Å². The average molecular weight is 307 g/mol. The lowest BCUT2D eigenvalue weighted by Crippen LogP contribution is -2.52. The van der Waals surface area contributed by atoms with Crippen LogP contribution in [0.15, 0.2) is 6.07 Å². The first kappa shape index (κ1) is 15.0. The van der Waals surface area contributed by atoms with Crippen molar-refractivity contribution in [2.75, 3.05) is 26.8 Å². The molecule has 22 heavy (non-hydrogen) atoms. The summed E-state index contributed by atoms with van der Waals surface area (Å²) >= 11 is 0. The molecule has 3 rings (SSSR count). The minimum atomic E-state index is -1.02. The Bertz CT molecular complexity index is 577. The van der Waals surface area contributed by atoms with Crippen LogP contribution < -0.4 is 0 Å². The molecule has 2 aliphatic rings. The Balaban J connectivity index is 1.75. The minimum Gasteiger partial charge on any atom is -0.481 e. The Hall–Kier alpha value is -1.89. The summed E-state index contributed by atoms with van der Waals surface area (Å²) in [6.07, 6.45) is 3.44. The molecule has 1 aromatic heterocycles. The second-order valence-electron chi connectivity index (χ2n) is 6.33. The van der Waals surface area contributed by atoms with Crippen LogP contribution in [0.2, 0.25) is 0 Å². The maximum Gasteiger partial charge on any atom is 0.313 e. The van der Waals surface area contributed by atoms with Crippen LogP contribution in [-0.4, -0.2) is 58.9 Å². The number of aromatic amines is 1. The molecule has 2 fully saturated rings. The van der Waals surface area contributed by atoms with Crippen molar-refractivity contribution >= 4 is 11.9 Å². The number of hydrogen-bond donors (Lipinski definition) is 2. The fourth-order valence-electron chi connectivity index (χ4n) is 3.15. The third kappa shape index (κ3) is 2.72. The molecule has 1 unspecified atom stereocenters. The van der Waals surface area contributed by atoms with Gasteiger partial charge in [0.2, 0.25) is 0 Å². The van der Waals surface area contributed by atoms with Gasteiger partial charge in [0, 0.05) is 31.8 Å². The number of methoxy groups -OCH3 is 1. The molecule has 1 saturated carbocycles. The second kappa shape index (κ2) is 5.72. The summed E-state index contributed by atoms with van der Waals surface area (Å²) in [7, 11) is 1.49. The average Bonchev–Trinajstić information content (AvgIpc) is 3.24. The molecular weight excluding hydrogens is 286 g/mol. The number of ether oxygens (including phenoxy) is 1. The number of aliphatic carboxylic acids is 1. The molecule has 1 aliphatic carbocycles. The van der Waals surface area contributed by atoms with E-state index < -0.39 is 11.4 Å². The van der Waals surface area contributed by atoms with Gasteiger partial charge in [-0.1, -0.05) is 0 Å². The second-order valence-corrected chi connectivity index (χ2v) is 6.33. The molecule has 1 aromatic rings. The van der Waals surface area contributed by atoms with Gasteiger partial charge in [-0.2, -0.15) is 5.10 Å². The van der Waals surface area contributed by atoms with Gasteiger partial charge in [0.15, 0.2) is 0 Å². The Labute approximate surface area is 128 Å². The molecular formula is C15H21N3O4. The van der Waals surface area contributed by atoms with E-state index in [0.717, 1.165) is 18.5 Å². The van der Waals surface area contributed by atoms with E-state index in [9.17, 15) is 14.7 Å². The number of carbonyl (C=O) groups is 2. The number of hydrogen-bond acceptors (Lipinski definition) is 4. The van der Waals surface area contributed by atoms with Gasteiger partial charge >= 0.3 is 5.97 Å². The summed E-state index contributed by atoms with van der Waals surface area (Å²) in [5, 5.41) is 16.5. The van der Waals surface area contributed by atoms with E-state index in [0.29, 0.717) is 31.0 Å². The number of aromatic nitrogens is 2. The fourth-order valence-corrected chi connectivity index (χ4v) is 3.15. The van der Waals surface area contributed by atoms with Crippen molar-refractivity contribution in [3.8, 4) is 0 Å². The highest BCUT2D eigenvalue weighted by atomic mass is 16.5. The van der Waals surface area contributed by atoms with Crippen LogP contribution in [0.1, 0.15) is 47.8 Å². The summed E-state index contributed by atoms with van der Waals surface area (Å²) in [6, 6.07) is 1.80. The lowest BCUT2D eigenvalue weighted by atomic mass is 9.80. The van der Waals surface area contributed by atoms with E-state index >= 15 is 0 Å². The van der Waals surface area contributed by atoms with Gasteiger partial charge in [0.1, 0.15) is 11.1 Å². The van der Waals surface area contributed by atoms with Crippen LogP contribution >= 0.6 is 0 Å². The summed E-state index contributed by atoms with van der Waals surface area (Å²) in [5.74, 6) is -0.612. The number of rotatable bonds is 5. The Morgan fingerprint density at radius 1 is 1.55 bits per heavy atom. The number of likely N-dealkylation sites (tertiary alicyclic amines) is 1. The van der Waals surface area contributed by atoms with Crippen LogP contribution in [0.4, 0.5) is 0 Å². The predicted molar refractivity (Wildman–Crippen MR) is 77.6 cm³/mol. The Morgan fingerprint density at radius 3 is 2.95 bits per heavy atom. The van der Waals surface area contributed by atoms with Gasteiger partial charge in [-0.15, -0.1) is 0 Å². The van der Waals surface area contributed by atoms with Crippen molar-refractivity contribution in [1.82, 2.24) is 15.1 Å². The number of nitrogens with one attached hydrogen (secondary N) is 1. The van der Waals surface area contributed by atoms with Crippen molar-refractivity contribution < 1.29 is 19.4 Å². The fraction of sp³-hybridized carbons (Fsp3) is 0.667. The van der Waals surface area contributed by atoms with Crippen molar-refractivity contribution in [2.45, 2.75) is 31.6 Å². The van der Waals surface area contributed by atoms with E-state index in [4.69, 9.17) is 4.74 Å². The number of nitrogens with zero attached hydrogens (tertiary/aromatic N) is 2. The van der Waals surface area contributed by atoms with E-state index in [1.54, 1.807) is 11.0 Å². The number of amides is 1. The molecule has 2 N–H and O–H groups in total. The standard InChI is InChI=1S/C15H21N3O4/c1-22-9-15(14(20)21)5-2-6-18(8-15)13(19)12-7-11(16-17-12)10-3-4-10/h7,10H,2-6,8-9H2,1H3,(H,16,17)(H,20,21). The van der Waals surface area contributed by atoms with Crippen LogP contribution in [0, 0.1) is 5.41 Å². The third-order valence-electron chi connectivity index (χ3n) is 4.57. The van der Waals surface area contributed by atoms with Crippen LogP contribution in [0.3, 0.4) is 0 Å². The zero-order chi connectivity index (χ0) is 15.7. The molecule has 0 spiro atoms. The molecule has 0 aromatic carbocycles. The maximum absolute atomic E-state index is 12.6. The first-order valence-corrected chi connectivity index (χ1v) is 7.63. The van der Waals surface area contributed by atoms with Gasteiger partial charge < -0.3 is 14.7 Å². The van der Waals surface area contributed by atoms with Crippen molar-refractivity contribution in [2.24, 2.45) is 5.41 Å². The highest BCUT2D eigenvalue weighted by molar-refractivity contribution is 5.93. The molecule has 2 heterocycles. The van der Waals surface area contributed by atoms with E-state index in [2.05, 4.69) is 10.2 Å². The maximum atomic E-state index is 12.6. The highest BCUT2D eigenvalue weighted by Gasteiger charge is 2.44. The molecule has 0 bridgehead atoms. The van der Waals surface area contributed by atoms with Gasteiger partial charge in [-0.25, -0.2) is 0 Å². The number of piperidine rings is 1. The largest absolute Gasteiger partial charge is 0.481 e. The molecule has 120 valence electrons. The first-order chi connectivity index (χ1) is 10.6. The van der Waals surface area contributed by atoms with Crippen LogP contribution in [0.5, 0.6) is 0 Å². The van der Waals surface area contributed by atoms with Crippen LogP contribution in [0.25, 0.3) is 0 Å². The smallest absolute Gasteiger partial charge is 0.313 e. The Morgan fingerprint density at radius 2 is 2.32 bits per heavy atom. The lowest BCUT2D eigenvalue weighted by Gasteiger charge is -2.39. The summed E-state index contributed by atoms with van der Waals surface area (Å²) in [5.41, 5.74) is 0.362. The monoisotopic (exact) mass is 307 g/mol. The van der Waals surface area contributed by atoms with Gasteiger partial charge in [-0.05, 0) is 31.7 Å². The molecule has 7 nitrogen and oxygen atoms in total. The Kier molecular flexibility index (Phi) is 3.90. The van der Waals surface area contributed by atoms with E-state index in [-0.39, 0.29) is 19.1 Å². The molecule has 0 radical (unpaired) electrons. The van der Waals surface area contributed by atoms with Gasteiger partial charge in [0.25, 0.3) is 5.91 Å². The SMILES string of the molecule is COCC1(C(=O)O)CCCN(C(=O)c2cc(C3CC3)[nH]n2)C1.